The van der Waals surface area contributed by atoms with E-state index < -0.39 is 10.0 Å². The second kappa shape index (κ2) is 5.69. The van der Waals surface area contributed by atoms with Crippen LogP contribution in [0.1, 0.15) is 49.8 Å². The summed E-state index contributed by atoms with van der Waals surface area (Å²) in [6.07, 6.45) is 8.66. The highest BCUT2D eigenvalue weighted by Crippen LogP contribution is 2.50. The highest BCUT2D eigenvalue weighted by molar-refractivity contribution is 7.89. The van der Waals surface area contributed by atoms with Gasteiger partial charge in [-0.1, -0.05) is 0 Å². The van der Waals surface area contributed by atoms with Crippen LogP contribution >= 0.6 is 0 Å². The zero-order valence-corrected chi connectivity index (χ0v) is 13.5. The molecule has 2 bridgehead atoms. The molecule has 0 aliphatic heterocycles. The van der Waals surface area contributed by atoms with Crippen LogP contribution in [0.15, 0.2) is 18.3 Å². The van der Waals surface area contributed by atoms with E-state index in [2.05, 4.69) is 9.71 Å². The van der Waals surface area contributed by atoms with Crippen LogP contribution in [-0.4, -0.2) is 19.2 Å². The third kappa shape index (κ3) is 3.64. The minimum absolute atomic E-state index is 0.0503. The summed E-state index contributed by atoms with van der Waals surface area (Å²) < 4.78 is 27.6. The highest BCUT2D eigenvalue weighted by Gasteiger charge is 2.42. The van der Waals surface area contributed by atoms with E-state index >= 15 is 0 Å². The summed E-state index contributed by atoms with van der Waals surface area (Å²) in [6, 6.07) is 3.78. The summed E-state index contributed by atoms with van der Waals surface area (Å²) in [5.74, 6) is 1.17. The normalized spacial score (nSPS) is 28.7. The third-order valence-electron chi connectivity index (χ3n) is 5.20. The fraction of sp³-hybridized carbons (Fsp3) is 0.688. The topological polar surface area (TPSA) is 59.1 Å². The van der Waals surface area contributed by atoms with Crippen molar-refractivity contribution in [1.82, 2.24) is 9.71 Å². The predicted molar refractivity (Wildman–Crippen MR) is 83.2 cm³/mol. The lowest BCUT2D eigenvalue weighted by molar-refractivity contribution is 0.0858. The quantitative estimate of drug-likeness (QED) is 0.910. The summed E-state index contributed by atoms with van der Waals surface area (Å²) in [7, 11) is -3.21. The Labute approximate surface area is 127 Å². The molecule has 3 aliphatic carbocycles. The predicted octanol–water partition coefficient (Wildman–Crippen LogP) is 2.78. The fourth-order valence-corrected chi connectivity index (χ4v) is 5.64. The molecule has 21 heavy (non-hydrogen) atoms. The Kier molecular flexibility index (Phi) is 4.06. The Morgan fingerprint density at radius 2 is 1.95 bits per heavy atom. The van der Waals surface area contributed by atoms with E-state index in [1.54, 1.807) is 6.20 Å². The second-order valence-electron chi connectivity index (χ2n) is 6.87. The maximum atomic E-state index is 12.4. The number of sulfonamides is 1. The summed E-state index contributed by atoms with van der Waals surface area (Å²) in [5, 5.41) is 0. The van der Waals surface area contributed by atoms with Gasteiger partial charge in [0, 0.05) is 18.4 Å². The van der Waals surface area contributed by atoms with Crippen molar-refractivity contribution < 1.29 is 8.42 Å². The van der Waals surface area contributed by atoms with E-state index in [9.17, 15) is 8.42 Å². The maximum Gasteiger partial charge on any atom is 0.212 e. The summed E-state index contributed by atoms with van der Waals surface area (Å²) in [5.41, 5.74) is 1.93. The van der Waals surface area contributed by atoms with Crippen molar-refractivity contribution in [2.45, 2.75) is 52.0 Å². The molecule has 1 heterocycles. The van der Waals surface area contributed by atoms with Crippen molar-refractivity contribution >= 4 is 10.0 Å². The SMILES string of the molecule is Cc1cc(CNS(=O)(=O)CC23CCC(CC2)CC3)ccn1. The largest absolute Gasteiger partial charge is 0.262 e. The zero-order valence-electron chi connectivity index (χ0n) is 12.6. The zero-order chi connectivity index (χ0) is 14.9. The lowest BCUT2D eigenvalue weighted by Gasteiger charge is -2.46. The molecule has 3 fully saturated rings. The molecule has 1 aromatic heterocycles. The van der Waals surface area contributed by atoms with Gasteiger partial charge in [0.1, 0.15) is 0 Å². The fourth-order valence-electron chi connectivity index (χ4n) is 3.92. The molecule has 5 heteroatoms. The molecule has 0 amide bonds. The van der Waals surface area contributed by atoms with E-state index in [0.717, 1.165) is 36.4 Å². The number of fused-ring (bicyclic) bond motifs is 3. The molecule has 1 aromatic rings. The minimum Gasteiger partial charge on any atom is -0.262 e. The molecule has 4 rings (SSSR count). The first kappa shape index (κ1) is 15.0. The van der Waals surface area contributed by atoms with Gasteiger partial charge in [-0.15, -0.1) is 0 Å². The van der Waals surface area contributed by atoms with Crippen LogP contribution in [0.5, 0.6) is 0 Å². The van der Waals surface area contributed by atoms with Gasteiger partial charge in [0.15, 0.2) is 0 Å². The van der Waals surface area contributed by atoms with Gasteiger partial charge in [0.05, 0.1) is 5.75 Å². The van der Waals surface area contributed by atoms with E-state index in [1.807, 2.05) is 19.1 Å². The van der Waals surface area contributed by atoms with Crippen LogP contribution in [0.25, 0.3) is 0 Å². The Hall–Kier alpha value is -0.940. The van der Waals surface area contributed by atoms with E-state index in [0.29, 0.717) is 12.3 Å². The lowest BCUT2D eigenvalue weighted by atomic mass is 9.62. The Balaban J connectivity index is 1.61. The molecule has 0 atom stereocenters. The first-order chi connectivity index (χ1) is 9.96. The minimum atomic E-state index is -3.21. The summed E-state index contributed by atoms with van der Waals surface area (Å²) in [4.78, 5) is 4.13. The molecular weight excluding hydrogens is 284 g/mol. The van der Waals surface area contributed by atoms with Crippen molar-refractivity contribution in [1.29, 1.82) is 0 Å². The molecule has 0 unspecified atom stereocenters. The Morgan fingerprint density at radius 3 is 2.57 bits per heavy atom. The smallest absolute Gasteiger partial charge is 0.212 e. The number of aromatic nitrogens is 1. The van der Waals surface area contributed by atoms with Crippen molar-refractivity contribution in [3.63, 3.8) is 0 Å². The van der Waals surface area contributed by atoms with Crippen LogP contribution in [-0.2, 0) is 16.6 Å². The second-order valence-corrected chi connectivity index (χ2v) is 8.67. The average molecular weight is 308 g/mol. The summed E-state index contributed by atoms with van der Waals surface area (Å²) >= 11 is 0. The number of aryl methyl sites for hydroxylation is 1. The molecule has 0 radical (unpaired) electrons. The van der Waals surface area contributed by atoms with Gasteiger partial charge < -0.3 is 0 Å². The van der Waals surface area contributed by atoms with Crippen molar-refractivity contribution in [2.75, 3.05) is 5.75 Å². The number of hydrogen-bond acceptors (Lipinski definition) is 3. The van der Waals surface area contributed by atoms with E-state index in [-0.39, 0.29) is 5.41 Å². The molecule has 0 aromatic carbocycles. The third-order valence-corrected chi connectivity index (χ3v) is 6.78. The van der Waals surface area contributed by atoms with Crippen molar-refractivity contribution in [3.8, 4) is 0 Å². The van der Waals surface area contributed by atoms with Gasteiger partial charge in [0.2, 0.25) is 10.0 Å². The monoisotopic (exact) mass is 308 g/mol. The van der Waals surface area contributed by atoms with Gasteiger partial charge in [-0.25, -0.2) is 13.1 Å². The van der Waals surface area contributed by atoms with Crippen LogP contribution in [0, 0.1) is 18.3 Å². The number of nitrogens with zero attached hydrogens (tertiary/aromatic N) is 1. The molecule has 0 spiro atoms. The molecule has 1 N–H and O–H groups in total. The van der Waals surface area contributed by atoms with Crippen molar-refractivity contribution in [3.05, 3.63) is 29.6 Å². The molecule has 3 aliphatic rings. The van der Waals surface area contributed by atoms with Crippen LogP contribution in [0.3, 0.4) is 0 Å². The summed E-state index contributed by atoms with van der Waals surface area (Å²) in [6.45, 7) is 2.28. The molecule has 116 valence electrons. The Morgan fingerprint density at radius 1 is 1.29 bits per heavy atom. The van der Waals surface area contributed by atoms with E-state index in [4.69, 9.17) is 0 Å². The number of rotatable bonds is 5. The van der Waals surface area contributed by atoms with E-state index in [1.165, 1.54) is 19.3 Å². The first-order valence-electron chi connectivity index (χ1n) is 7.85. The van der Waals surface area contributed by atoms with Gasteiger partial charge in [-0.3, -0.25) is 4.98 Å². The molecular formula is C16H24N2O2S. The van der Waals surface area contributed by atoms with Gasteiger partial charge in [-0.05, 0) is 74.5 Å². The molecule has 3 saturated carbocycles. The molecule has 4 nitrogen and oxygen atoms in total. The van der Waals surface area contributed by atoms with Crippen LogP contribution in [0.2, 0.25) is 0 Å². The van der Waals surface area contributed by atoms with Crippen molar-refractivity contribution in [2.24, 2.45) is 11.3 Å². The lowest BCUT2D eigenvalue weighted by Crippen LogP contribution is -2.42. The average Bonchev–Trinajstić information content (AvgIpc) is 2.46. The standard InChI is InChI=1S/C16H24N2O2S/c1-13-10-15(5-9-17-13)11-18-21(19,20)12-16-6-2-14(3-7-16)4-8-16/h5,9-10,14,18H,2-4,6-8,11-12H2,1H3. The number of hydrogen-bond donors (Lipinski definition) is 1. The number of pyridine rings is 1. The highest BCUT2D eigenvalue weighted by atomic mass is 32.2. The van der Waals surface area contributed by atoms with Crippen LogP contribution < -0.4 is 4.72 Å². The maximum absolute atomic E-state index is 12.4. The Bertz CT molecular complexity index is 591. The van der Waals surface area contributed by atoms with Gasteiger partial charge >= 0.3 is 0 Å². The number of nitrogens with one attached hydrogen (secondary N) is 1. The molecule has 0 saturated heterocycles. The van der Waals surface area contributed by atoms with Gasteiger partial charge in [-0.2, -0.15) is 0 Å². The van der Waals surface area contributed by atoms with Crippen LogP contribution in [0.4, 0.5) is 0 Å². The first-order valence-corrected chi connectivity index (χ1v) is 9.51. The van der Waals surface area contributed by atoms with Gasteiger partial charge in [0.25, 0.3) is 0 Å².